The molecular weight excluding hydrogens is 406 g/mol. The van der Waals surface area contributed by atoms with Gasteiger partial charge in [0.05, 0.1) is 7.11 Å². The Hall–Kier alpha value is -4.26. The lowest BCUT2D eigenvalue weighted by Crippen LogP contribution is -2.27. The summed E-state index contributed by atoms with van der Waals surface area (Å²) in [5.74, 6) is 0.486. The van der Waals surface area contributed by atoms with Crippen LogP contribution in [0.4, 0.5) is 16.2 Å². The molecule has 1 fully saturated rings. The van der Waals surface area contributed by atoms with Gasteiger partial charge in [0.25, 0.3) is 5.91 Å². The second-order valence-corrected chi connectivity index (χ2v) is 7.42. The molecule has 0 spiro atoms. The van der Waals surface area contributed by atoms with E-state index in [1.165, 1.54) is 0 Å². The van der Waals surface area contributed by atoms with Gasteiger partial charge in [-0.2, -0.15) is 0 Å². The highest BCUT2D eigenvalue weighted by Gasteiger charge is 2.24. The van der Waals surface area contributed by atoms with Crippen LogP contribution < -0.4 is 20.3 Å². The van der Waals surface area contributed by atoms with Gasteiger partial charge < -0.3 is 19.8 Å². The van der Waals surface area contributed by atoms with Crippen molar-refractivity contribution in [3.63, 3.8) is 0 Å². The third-order valence-corrected chi connectivity index (χ3v) is 5.44. The monoisotopic (exact) mass is 427 g/mol. The molecular formula is C25H21N3O4. The highest BCUT2D eigenvalue weighted by Crippen LogP contribution is 2.37. The van der Waals surface area contributed by atoms with E-state index in [2.05, 4.69) is 10.6 Å². The van der Waals surface area contributed by atoms with Crippen molar-refractivity contribution in [3.8, 4) is 16.9 Å². The second-order valence-electron chi connectivity index (χ2n) is 7.42. The predicted octanol–water partition coefficient (Wildman–Crippen LogP) is 4.89. The first-order valence-electron chi connectivity index (χ1n) is 10.3. The molecule has 0 aliphatic carbocycles. The number of hydrogen-bond acceptors (Lipinski definition) is 4. The van der Waals surface area contributed by atoms with Gasteiger partial charge >= 0.3 is 6.03 Å². The van der Waals surface area contributed by atoms with E-state index >= 15 is 0 Å². The maximum absolute atomic E-state index is 13.3. The van der Waals surface area contributed by atoms with E-state index in [0.717, 1.165) is 22.2 Å². The number of nitrogens with one attached hydrogen (secondary N) is 2. The Kier molecular flexibility index (Phi) is 4.99. The number of hydrogen-bond donors (Lipinski definition) is 2. The zero-order valence-electron chi connectivity index (χ0n) is 17.4. The third kappa shape index (κ3) is 3.54. The summed E-state index contributed by atoms with van der Waals surface area (Å²) in [6.45, 7) is 1.18. The molecule has 160 valence electrons. The first kappa shape index (κ1) is 19.7. The first-order chi connectivity index (χ1) is 15.6. The average Bonchev–Trinajstić information content (AvgIpc) is 3.42. The number of ether oxygens (including phenoxy) is 1. The van der Waals surface area contributed by atoms with Gasteiger partial charge in [-0.05, 0) is 35.9 Å². The molecule has 0 saturated carbocycles. The van der Waals surface area contributed by atoms with Gasteiger partial charge in [0.1, 0.15) is 11.3 Å². The molecule has 2 N–H and O–H groups in total. The van der Waals surface area contributed by atoms with Crippen LogP contribution in [0.15, 0.2) is 77.2 Å². The standard InChI is InChI=1S/C25H21N3O4/c1-31-19-10-11-20-21(15-19)32-23(22(20)16-6-3-2-4-7-16)24(29)27-17-8-5-9-18(14-17)28-13-12-26-25(28)30/h2-11,14-15H,12-13H2,1H3,(H,26,30)(H,27,29). The van der Waals surface area contributed by atoms with Crippen LogP contribution in [0.5, 0.6) is 5.75 Å². The first-order valence-corrected chi connectivity index (χ1v) is 10.3. The number of furan rings is 1. The number of nitrogens with zero attached hydrogens (tertiary/aromatic N) is 1. The van der Waals surface area contributed by atoms with Gasteiger partial charge in [0.2, 0.25) is 5.76 Å². The molecule has 1 aliphatic heterocycles. The fourth-order valence-corrected chi connectivity index (χ4v) is 3.91. The van der Waals surface area contributed by atoms with Crippen LogP contribution in [0.1, 0.15) is 10.6 Å². The van der Waals surface area contributed by atoms with Crippen molar-refractivity contribution in [2.75, 3.05) is 30.4 Å². The lowest BCUT2D eigenvalue weighted by atomic mass is 10.0. The van der Waals surface area contributed by atoms with Gasteiger partial charge in [-0.15, -0.1) is 0 Å². The highest BCUT2D eigenvalue weighted by atomic mass is 16.5. The molecule has 3 amide bonds. The lowest BCUT2D eigenvalue weighted by Gasteiger charge is -2.15. The number of carbonyl (C=O) groups is 2. The summed E-state index contributed by atoms with van der Waals surface area (Å²) in [6, 6.07) is 22.2. The van der Waals surface area contributed by atoms with Crippen molar-refractivity contribution in [3.05, 3.63) is 78.6 Å². The van der Waals surface area contributed by atoms with Crippen LogP contribution in [0.2, 0.25) is 0 Å². The SMILES string of the molecule is COc1ccc2c(-c3ccccc3)c(C(=O)Nc3cccc(N4CCNC4=O)c3)oc2c1. The van der Waals surface area contributed by atoms with E-state index in [-0.39, 0.29) is 17.7 Å². The smallest absolute Gasteiger partial charge is 0.321 e. The summed E-state index contributed by atoms with van der Waals surface area (Å²) < 4.78 is 11.3. The normalized spacial score (nSPS) is 13.3. The molecule has 0 atom stereocenters. The van der Waals surface area contributed by atoms with Gasteiger partial charge in [-0.25, -0.2) is 4.79 Å². The van der Waals surface area contributed by atoms with E-state index in [0.29, 0.717) is 30.1 Å². The third-order valence-electron chi connectivity index (χ3n) is 5.44. The summed E-state index contributed by atoms with van der Waals surface area (Å²) in [5.41, 5.74) is 3.45. The largest absolute Gasteiger partial charge is 0.497 e. The minimum Gasteiger partial charge on any atom is -0.497 e. The molecule has 0 unspecified atom stereocenters. The average molecular weight is 427 g/mol. The quantitative estimate of drug-likeness (QED) is 0.475. The van der Waals surface area contributed by atoms with E-state index in [4.69, 9.17) is 9.15 Å². The molecule has 3 aromatic carbocycles. The molecule has 7 heteroatoms. The summed E-state index contributed by atoms with van der Waals surface area (Å²) in [4.78, 5) is 26.9. The number of methoxy groups -OCH3 is 1. The zero-order valence-corrected chi connectivity index (χ0v) is 17.4. The Bertz CT molecular complexity index is 1310. The molecule has 0 radical (unpaired) electrons. The molecule has 2 heterocycles. The second kappa shape index (κ2) is 8.11. The van der Waals surface area contributed by atoms with E-state index in [1.807, 2.05) is 48.5 Å². The fraction of sp³-hybridized carbons (Fsp3) is 0.120. The number of fused-ring (bicyclic) bond motifs is 1. The summed E-state index contributed by atoms with van der Waals surface area (Å²) in [6.07, 6.45) is 0. The Labute approximate surface area is 184 Å². The number of amides is 3. The molecule has 0 bridgehead atoms. The number of anilines is 2. The molecule has 1 saturated heterocycles. The fourth-order valence-electron chi connectivity index (χ4n) is 3.91. The highest BCUT2D eigenvalue weighted by molar-refractivity contribution is 6.13. The predicted molar refractivity (Wildman–Crippen MR) is 123 cm³/mol. The van der Waals surface area contributed by atoms with Crippen LogP contribution in [0.3, 0.4) is 0 Å². The van der Waals surface area contributed by atoms with Crippen LogP contribution >= 0.6 is 0 Å². The van der Waals surface area contributed by atoms with Gasteiger partial charge in [-0.1, -0.05) is 36.4 Å². The van der Waals surface area contributed by atoms with Crippen molar-refractivity contribution in [2.45, 2.75) is 0 Å². The number of urea groups is 1. The minimum atomic E-state index is -0.373. The van der Waals surface area contributed by atoms with Crippen molar-refractivity contribution in [1.82, 2.24) is 5.32 Å². The van der Waals surface area contributed by atoms with Gasteiger partial charge in [0, 0.05) is 41.5 Å². The number of benzene rings is 3. The molecule has 7 nitrogen and oxygen atoms in total. The van der Waals surface area contributed by atoms with Crippen LogP contribution in [-0.4, -0.2) is 32.1 Å². The van der Waals surface area contributed by atoms with Crippen LogP contribution in [0.25, 0.3) is 22.1 Å². The van der Waals surface area contributed by atoms with Crippen molar-refractivity contribution >= 4 is 34.3 Å². The molecule has 4 aromatic rings. The van der Waals surface area contributed by atoms with Crippen LogP contribution in [-0.2, 0) is 0 Å². The topological polar surface area (TPSA) is 83.8 Å². The summed E-state index contributed by atoms with van der Waals surface area (Å²) in [7, 11) is 1.59. The molecule has 1 aliphatic rings. The molecule has 32 heavy (non-hydrogen) atoms. The zero-order chi connectivity index (χ0) is 22.1. The molecule has 1 aromatic heterocycles. The Morgan fingerprint density at radius 3 is 2.66 bits per heavy atom. The Balaban J connectivity index is 1.53. The summed E-state index contributed by atoms with van der Waals surface area (Å²) in [5, 5.41) is 6.52. The van der Waals surface area contributed by atoms with Crippen molar-refractivity contribution in [1.29, 1.82) is 0 Å². The van der Waals surface area contributed by atoms with E-state index in [1.54, 1.807) is 36.3 Å². The maximum Gasteiger partial charge on any atom is 0.321 e. The Morgan fingerprint density at radius 1 is 1.06 bits per heavy atom. The maximum atomic E-state index is 13.3. The lowest BCUT2D eigenvalue weighted by molar-refractivity contribution is 0.0999. The van der Waals surface area contributed by atoms with Gasteiger partial charge in [-0.3, -0.25) is 9.69 Å². The van der Waals surface area contributed by atoms with E-state index in [9.17, 15) is 9.59 Å². The van der Waals surface area contributed by atoms with E-state index < -0.39 is 0 Å². The number of carbonyl (C=O) groups excluding carboxylic acids is 2. The van der Waals surface area contributed by atoms with Crippen molar-refractivity contribution < 1.29 is 18.7 Å². The number of rotatable bonds is 5. The Morgan fingerprint density at radius 2 is 1.91 bits per heavy atom. The van der Waals surface area contributed by atoms with Crippen LogP contribution in [0, 0.1) is 0 Å². The molecule has 5 rings (SSSR count). The minimum absolute atomic E-state index is 0.147. The van der Waals surface area contributed by atoms with Gasteiger partial charge in [0.15, 0.2) is 0 Å². The van der Waals surface area contributed by atoms with Crippen molar-refractivity contribution in [2.24, 2.45) is 0 Å². The summed E-state index contributed by atoms with van der Waals surface area (Å²) >= 11 is 0.